The number of nitrogens with one attached hydrogen (secondary N) is 1. The van der Waals surface area contributed by atoms with E-state index in [4.69, 9.17) is 4.52 Å². The number of rotatable bonds is 4. The van der Waals surface area contributed by atoms with Gasteiger partial charge in [0.1, 0.15) is 11.4 Å². The quantitative estimate of drug-likeness (QED) is 0.588. The molecule has 3 aromatic heterocycles. The standard InChI is InChI=1S/C19H16N4O2S/c1-11-7-12(2)18-13(8-11)15(23-25-18)9-17(24)22-19-21-16(10-26-19)14-5-3-4-6-20-14/h3-8,10H,9H2,1-2H3,(H,21,22,24). The van der Waals surface area contributed by atoms with E-state index in [1.807, 2.05) is 49.6 Å². The summed E-state index contributed by atoms with van der Waals surface area (Å²) in [5.74, 6) is -0.179. The lowest BCUT2D eigenvalue weighted by atomic mass is 10.1. The van der Waals surface area contributed by atoms with Gasteiger partial charge >= 0.3 is 0 Å². The van der Waals surface area contributed by atoms with Gasteiger partial charge in [-0.05, 0) is 43.2 Å². The Kier molecular flexibility index (Phi) is 4.22. The van der Waals surface area contributed by atoms with E-state index < -0.39 is 0 Å². The number of carbonyl (C=O) groups is 1. The molecule has 7 heteroatoms. The Labute approximate surface area is 153 Å². The van der Waals surface area contributed by atoms with Crippen LogP contribution < -0.4 is 5.32 Å². The number of nitrogens with zero attached hydrogens (tertiary/aromatic N) is 3. The number of fused-ring (bicyclic) bond motifs is 1. The number of hydrogen-bond donors (Lipinski definition) is 1. The second kappa shape index (κ2) is 6.68. The van der Waals surface area contributed by atoms with Crippen molar-refractivity contribution < 1.29 is 9.32 Å². The number of thiazole rings is 1. The number of hydrogen-bond acceptors (Lipinski definition) is 6. The maximum atomic E-state index is 12.4. The molecule has 0 aliphatic heterocycles. The molecule has 4 rings (SSSR count). The third-order valence-electron chi connectivity index (χ3n) is 3.98. The third kappa shape index (κ3) is 3.21. The minimum atomic E-state index is -0.179. The fourth-order valence-electron chi connectivity index (χ4n) is 2.85. The summed E-state index contributed by atoms with van der Waals surface area (Å²) < 4.78 is 5.40. The van der Waals surface area contributed by atoms with Crippen molar-refractivity contribution in [3.63, 3.8) is 0 Å². The first-order chi connectivity index (χ1) is 12.6. The first-order valence-corrected chi connectivity index (χ1v) is 9.00. The van der Waals surface area contributed by atoms with Crippen molar-refractivity contribution in [3.8, 4) is 11.4 Å². The van der Waals surface area contributed by atoms with Crippen molar-refractivity contribution in [2.45, 2.75) is 20.3 Å². The molecule has 6 nitrogen and oxygen atoms in total. The number of benzene rings is 1. The largest absolute Gasteiger partial charge is 0.356 e. The topological polar surface area (TPSA) is 80.9 Å². The van der Waals surface area contributed by atoms with Gasteiger partial charge in [0.25, 0.3) is 0 Å². The third-order valence-corrected chi connectivity index (χ3v) is 4.74. The van der Waals surface area contributed by atoms with Gasteiger partial charge in [0.2, 0.25) is 5.91 Å². The highest BCUT2D eigenvalue weighted by atomic mass is 32.1. The molecule has 0 unspecified atom stereocenters. The number of aromatic nitrogens is 3. The fourth-order valence-corrected chi connectivity index (χ4v) is 3.57. The van der Waals surface area contributed by atoms with Crippen LogP contribution in [0.1, 0.15) is 16.8 Å². The zero-order valence-electron chi connectivity index (χ0n) is 14.3. The van der Waals surface area contributed by atoms with Crippen molar-refractivity contribution in [1.82, 2.24) is 15.1 Å². The summed E-state index contributed by atoms with van der Waals surface area (Å²) in [5.41, 5.74) is 5.00. The van der Waals surface area contributed by atoms with E-state index in [2.05, 4.69) is 20.4 Å². The van der Waals surface area contributed by atoms with Crippen LogP contribution in [0, 0.1) is 13.8 Å². The van der Waals surface area contributed by atoms with E-state index in [9.17, 15) is 4.79 Å². The lowest BCUT2D eigenvalue weighted by molar-refractivity contribution is -0.115. The zero-order valence-corrected chi connectivity index (χ0v) is 15.1. The summed E-state index contributed by atoms with van der Waals surface area (Å²) in [6.45, 7) is 3.98. The Morgan fingerprint density at radius 3 is 2.92 bits per heavy atom. The highest BCUT2D eigenvalue weighted by molar-refractivity contribution is 7.14. The van der Waals surface area contributed by atoms with Crippen LogP contribution in [0.15, 0.2) is 46.4 Å². The molecule has 3 heterocycles. The summed E-state index contributed by atoms with van der Waals surface area (Å²) in [6.07, 6.45) is 1.85. The van der Waals surface area contributed by atoms with Gasteiger partial charge in [-0.25, -0.2) is 4.98 Å². The smallest absolute Gasteiger partial charge is 0.232 e. The first kappa shape index (κ1) is 16.4. The highest BCUT2D eigenvalue weighted by Gasteiger charge is 2.16. The summed E-state index contributed by atoms with van der Waals surface area (Å²) >= 11 is 1.37. The average molecular weight is 364 g/mol. The predicted octanol–water partition coefficient (Wildman–Crippen LogP) is 4.14. The molecule has 0 saturated heterocycles. The van der Waals surface area contributed by atoms with E-state index in [1.54, 1.807) is 6.20 Å². The van der Waals surface area contributed by atoms with Crippen LogP contribution in [0.3, 0.4) is 0 Å². The molecule has 1 amide bonds. The number of carbonyl (C=O) groups excluding carboxylic acids is 1. The van der Waals surface area contributed by atoms with Gasteiger partial charge in [-0.3, -0.25) is 9.78 Å². The van der Waals surface area contributed by atoms with Gasteiger partial charge < -0.3 is 9.84 Å². The molecule has 0 atom stereocenters. The number of amides is 1. The van der Waals surface area contributed by atoms with E-state index in [1.165, 1.54) is 11.3 Å². The Morgan fingerprint density at radius 1 is 1.23 bits per heavy atom. The molecule has 1 N–H and O–H groups in total. The van der Waals surface area contributed by atoms with Crippen LogP contribution in [-0.4, -0.2) is 21.0 Å². The van der Waals surface area contributed by atoms with E-state index in [0.29, 0.717) is 10.8 Å². The van der Waals surface area contributed by atoms with Gasteiger partial charge in [0.05, 0.1) is 12.1 Å². The molecule has 0 aliphatic rings. The van der Waals surface area contributed by atoms with Crippen LogP contribution in [0.2, 0.25) is 0 Å². The fraction of sp³-hybridized carbons (Fsp3) is 0.158. The van der Waals surface area contributed by atoms with Crippen molar-refractivity contribution in [1.29, 1.82) is 0 Å². The Balaban J connectivity index is 1.51. The molecule has 0 fully saturated rings. The number of pyridine rings is 1. The molecule has 0 aliphatic carbocycles. The maximum absolute atomic E-state index is 12.4. The lowest BCUT2D eigenvalue weighted by Crippen LogP contribution is -2.14. The van der Waals surface area contributed by atoms with Crippen LogP contribution in [0.4, 0.5) is 5.13 Å². The van der Waals surface area contributed by atoms with Gasteiger partial charge in [0.15, 0.2) is 10.7 Å². The number of aryl methyl sites for hydroxylation is 2. The monoisotopic (exact) mass is 364 g/mol. The molecule has 0 spiro atoms. The molecular weight excluding hydrogens is 348 g/mol. The second-order valence-electron chi connectivity index (χ2n) is 6.07. The second-order valence-corrected chi connectivity index (χ2v) is 6.92. The summed E-state index contributed by atoms with van der Waals surface area (Å²) in [5, 5.41) is 10.2. The molecule has 1 aromatic carbocycles. The molecule has 0 radical (unpaired) electrons. The first-order valence-electron chi connectivity index (χ1n) is 8.12. The van der Waals surface area contributed by atoms with Crippen LogP contribution in [0.5, 0.6) is 0 Å². The van der Waals surface area contributed by atoms with Crippen molar-refractivity contribution >= 4 is 33.3 Å². The highest BCUT2D eigenvalue weighted by Crippen LogP contribution is 2.25. The van der Waals surface area contributed by atoms with Gasteiger partial charge in [-0.2, -0.15) is 0 Å². The molecule has 0 bridgehead atoms. The molecule has 4 aromatic rings. The molecule has 130 valence electrons. The van der Waals surface area contributed by atoms with E-state index in [-0.39, 0.29) is 12.3 Å². The van der Waals surface area contributed by atoms with Gasteiger partial charge in [-0.15, -0.1) is 11.3 Å². The minimum Gasteiger partial charge on any atom is -0.356 e. The maximum Gasteiger partial charge on any atom is 0.232 e. The van der Waals surface area contributed by atoms with Crippen LogP contribution >= 0.6 is 11.3 Å². The average Bonchev–Trinajstić information content (AvgIpc) is 3.23. The SMILES string of the molecule is Cc1cc(C)c2onc(CC(=O)Nc3nc(-c4ccccn4)cs3)c2c1. The lowest BCUT2D eigenvalue weighted by Gasteiger charge is -2.01. The normalized spacial score (nSPS) is 11.0. The predicted molar refractivity (Wildman–Crippen MR) is 101 cm³/mol. The van der Waals surface area contributed by atoms with E-state index >= 15 is 0 Å². The van der Waals surface area contributed by atoms with Crippen molar-refractivity contribution in [2.75, 3.05) is 5.32 Å². The van der Waals surface area contributed by atoms with Crippen LogP contribution in [0.25, 0.3) is 22.4 Å². The minimum absolute atomic E-state index is 0.133. The van der Waals surface area contributed by atoms with Crippen LogP contribution in [-0.2, 0) is 11.2 Å². The summed E-state index contributed by atoms with van der Waals surface area (Å²) in [7, 11) is 0. The van der Waals surface area contributed by atoms with E-state index in [0.717, 1.165) is 33.5 Å². The zero-order chi connectivity index (χ0) is 18.1. The summed E-state index contributed by atoms with van der Waals surface area (Å²) in [6, 6.07) is 9.66. The van der Waals surface area contributed by atoms with Gasteiger partial charge in [-0.1, -0.05) is 17.3 Å². The molecule has 0 saturated carbocycles. The Bertz CT molecular complexity index is 1090. The Hall–Kier alpha value is -3.06. The number of anilines is 1. The molecule has 26 heavy (non-hydrogen) atoms. The molecular formula is C19H16N4O2S. The van der Waals surface area contributed by atoms with Crippen molar-refractivity contribution in [2.24, 2.45) is 0 Å². The Morgan fingerprint density at radius 2 is 2.12 bits per heavy atom. The summed E-state index contributed by atoms with van der Waals surface area (Å²) in [4.78, 5) is 21.1. The van der Waals surface area contributed by atoms with Gasteiger partial charge in [0, 0.05) is 17.0 Å². The van der Waals surface area contributed by atoms with Crippen molar-refractivity contribution in [3.05, 3.63) is 58.7 Å².